The van der Waals surface area contributed by atoms with Crippen LogP contribution in [0.3, 0.4) is 0 Å². The van der Waals surface area contributed by atoms with Gasteiger partial charge in [-0.3, -0.25) is 9.69 Å². The summed E-state index contributed by atoms with van der Waals surface area (Å²) in [6.07, 6.45) is 9.13. The fraction of sp³-hybridized carbons (Fsp3) is 0.414. The van der Waals surface area contributed by atoms with E-state index in [9.17, 15) is 9.59 Å². The molecule has 7 heteroatoms. The summed E-state index contributed by atoms with van der Waals surface area (Å²) >= 11 is 0. The van der Waals surface area contributed by atoms with E-state index in [0.717, 1.165) is 54.9 Å². The van der Waals surface area contributed by atoms with Crippen LogP contribution in [0.2, 0.25) is 0 Å². The van der Waals surface area contributed by atoms with Crippen molar-refractivity contribution in [2.45, 2.75) is 44.6 Å². The Morgan fingerprint density at radius 1 is 1.08 bits per heavy atom. The van der Waals surface area contributed by atoms with Gasteiger partial charge in [0.25, 0.3) is 5.91 Å². The third-order valence-electron chi connectivity index (χ3n) is 7.64. The van der Waals surface area contributed by atoms with Crippen LogP contribution in [0.25, 0.3) is 0 Å². The molecule has 3 aliphatic rings. The van der Waals surface area contributed by atoms with Gasteiger partial charge in [-0.25, -0.2) is 10.2 Å². The first-order valence-corrected chi connectivity index (χ1v) is 12.8. The molecule has 0 bridgehead atoms. The Morgan fingerprint density at radius 2 is 1.83 bits per heavy atom. The number of ether oxygens (including phenoxy) is 1. The first-order valence-electron chi connectivity index (χ1n) is 12.8. The van der Waals surface area contributed by atoms with E-state index in [1.807, 2.05) is 31.2 Å². The minimum absolute atomic E-state index is 0.0595. The van der Waals surface area contributed by atoms with E-state index in [1.165, 1.54) is 19.1 Å². The molecule has 188 valence electrons. The fourth-order valence-corrected chi connectivity index (χ4v) is 5.66. The third kappa shape index (κ3) is 5.07. The maximum atomic E-state index is 12.4. The molecule has 0 aromatic heterocycles. The van der Waals surface area contributed by atoms with Crippen molar-refractivity contribution in [3.05, 3.63) is 76.9 Å². The van der Waals surface area contributed by atoms with Crippen molar-refractivity contribution < 1.29 is 14.3 Å². The highest BCUT2D eigenvalue weighted by atomic mass is 16.5. The Morgan fingerprint density at radius 3 is 2.58 bits per heavy atom. The summed E-state index contributed by atoms with van der Waals surface area (Å²) in [6.45, 7) is 4.31. The van der Waals surface area contributed by atoms with E-state index in [0.29, 0.717) is 23.9 Å². The second-order valence-electron chi connectivity index (χ2n) is 9.96. The molecule has 0 unspecified atom stereocenters. The van der Waals surface area contributed by atoms with Gasteiger partial charge < -0.3 is 10.1 Å². The summed E-state index contributed by atoms with van der Waals surface area (Å²) in [7, 11) is 1.40. The molecule has 2 aromatic rings. The Hall–Kier alpha value is -3.45. The molecule has 2 heterocycles. The molecule has 0 saturated carbocycles. The van der Waals surface area contributed by atoms with Crippen LogP contribution in [0.15, 0.2) is 59.7 Å². The minimum Gasteiger partial charge on any atom is -0.465 e. The van der Waals surface area contributed by atoms with E-state index < -0.39 is 0 Å². The van der Waals surface area contributed by atoms with E-state index in [-0.39, 0.29) is 17.9 Å². The molecule has 7 nitrogen and oxygen atoms in total. The summed E-state index contributed by atoms with van der Waals surface area (Å²) in [6, 6.07) is 14.2. The smallest absolute Gasteiger partial charge is 0.337 e. The second-order valence-corrected chi connectivity index (χ2v) is 9.96. The van der Waals surface area contributed by atoms with E-state index in [1.54, 1.807) is 0 Å². The number of amides is 1. The Balaban J connectivity index is 1.31. The first kappa shape index (κ1) is 24.3. The van der Waals surface area contributed by atoms with Gasteiger partial charge in [0.15, 0.2) is 0 Å². The van der Waals surface area contributed by atoms with Gasteiger partial charge in [0, 0.05) is 11.6 Å². The largest absolute Gasteiger partial charge is 0.465 e. The summed E-state index contributed by atoms with van der Waals surface area (Å²) in [5.41, 5.74) is 8.62. The number of piperidine rings is 1. The molecule has 2 aliphatic heterocycles. The number of nitrogens with one attached hydrogen (secondary N) is 2. The number of carbonyl (C=O) groups is 2. The molecule has 2 N–H and O–H groups in total. The number of methoxy groups -OCH3 is 1. The quantitative estimate of drug-likeness (QED) is 0.269. The van der Waals surface area contributed by atoms with Crippen molar-refractivity contribution >= 4 is 23.3 Å². The highest BCUT2D eigenvalue weighted by Crippen LogP contribution is 2.50. The highest BCUT2D eigenvalue weighted by Gasteiger charge is 2.38. The molecule has 1 fully saturated rings. The zero-order valence-electron chi connectivity index (χ0n) is 21.0. The Kier molecular flexibility index (Phi) is 7.18. The fourth-order valence-electron chi connectivity index (χ4n) is 5.66. The topological polar surface area (TPSA) is 83.0 Å². The van der Waals surface area contributed by atoms with Crippen molar-refractivity contribution in [3.8, 4) is 0 Å². The molecule has 2 aromatic carbocycles. The maximum absolute atomic E-state index is 12.4. The molecule has 5 rings (SSSR count). The van der Waals surface area contributed by atoms with Gasteiger partial charge in [-0.05, 0) is 86.1 Å². The van der Waals surface area contributed by atoms with Crippen molar-refractivity contribution in [2.24, 2.45) is 11.0 Å². The number of hydrazone groups is 1. The lowest BCUT2D eigenvalue weighted by Gasteiger charge is -2.37. The summed E-state index contributed by atoms with van der Waals surface area (Å²) in [5, 5.41) is 8.14. The van der Waals surface area contributed by atoms with Crippen LogP contribution in [-0.4, -0.2) is 49.2 Å². The standard InChI is InChI=1S/C29H34N4O3/c1-19(31-32-27(34)18-33-15-4-3-5-16-33)22-13-14-26-25(17-22)23-7-6-8-24(23)28(30-26)20-9-11-21(12-10-20)29(35)36-2/h6-7,9-14,17,23-24,28,30H,3-5,8,15-16,18H2,1-2H3,(H,32,34)/b31-19-/t23-,24+,28+/m1/s1. The number of anilines is 1. The average molecular weight is 487 g/mol. The maximum Gasteiger partial charge on any atom is 0.337 e. The number of carbonyl (C=O) groups excluding carboxylic acids is 2. The number of benzene rings is 2. The lowest BCUT2D eigenvalue weighted by Crippen LogP contribution is -2.38. The van der Waals surface area contributed by atoms with Gasteiger partial charge in [-0.15, -0.1) is 0 Å². The third-order valence-corrected chi connectivity index (χ3v) is 7.64. The van der Waals surface area contributed by atoms with Crippen LogP contribution in [0.4, 0.5) is 5.69 Å². The van der Waals surface area contributed by atoms with Gasteiger partial charge in [-0.2, -0.15) is 5.10 Å². The van der Waals surface area contributed by atoms with Gasteiger partial charge in [0.05, 0.1) is 31.0 Å². The zero-order chi connectivity index (χ0) is 25.1. The molecule has 3 atom stereocenters. The van der Waals surface area contributed by atoms with Gasteiger partial charge in [-0.1, -0.05) is 36.8 Å². The average Bonchev–Trinajstić information content (AvgIpc) is 3.42. The number of allylic oxidation sites excluding steroid dienone is 2. The summed E-state index contributed by atoms with van der Waals surface area (Å²) in [5.74, 6) is 0.304. The number of rotatable bonds is 6. The lowest BCUT2D eigenvalue weighted by atomic mass is 9.76. The van der Waals surface area contributed by atoms with Crippen LogP contribution in [-0.2, 0) is 9.53 Å². The van der Waals surface area contributed by atoms with E-state index in [4.69, 9.17) is 4.74 Å². The van der Waals surface area contributed by atoms with Crippen molar-refractivity contribution in [1.29, 1.82) is 0 Å². The van der Waals surface area contributed by atoms with Crippen molar-refractivity contribution in [1.82, 2.24) is 10.3 Å². The number of hydrogen-bond donors (Lipinski definition) is 2. The van der Waals surface area contributed by atoms with Crippen LogP contribution in [0.1, 0.15) is 71.6 Å². The number of nitrogens with zero attached hydrogens (tertiary/aromatic N) is 2. The van der Waals surface area contributed by atoms with Crippen molar-refractivity contribution in [2.75, 3.05) is 32.1 Å². The zero-order valence-corrected chi connectivity index (χ0v) is 21.0. The highest BCUT2D eigenvalue weighted by molar-refractivity contribution is 6.00. The van der Waals surface area contributed by atoms with Crippen LogP contribution < -0.4 is 10.7 Å². The van der Waals surface area contributed by atoms with Gasteiger partial charge in [0.2, 0.25) is 0 Å². The lowest BCUT2D eigenvalue weighted by molar-refractivity contribution is -0.122. The second kappa shape index (κ2) is 10.7. The Labute approximate surface area is 212 Å². The monoisotopic (exact) mass is 486 g/mol. The molecule has 36 heavy (non-hydrogen) atoms. The molecular weight excluding hydrogens is 452 g/mol. The first-order chi connectivity index (χ1) is 17.5. The number of esters is 1. The molecule has 0 radical (unpaired) electrons. The molecule has 1 aliphatic carbocycles. The normalized spacial score (nSPS) is 23.4. The van der Waals surface area contributed by atoms with E-state index in [2.05, 4.69) is 51.1 Å². The number of fused-ring (bicyclic) bond motifs is 3. The predicted molar refractivity (Wildman–Crippen MR) is 141 cm³/mol. The van der Waals surface area contributed by atoms with Gasteiger partial charge >= 0.3 is 5.97 Å². The van der Waals surface area contributed by atoms with Crippen LogP contribution in [0.5, 0.6) is 0 Å². The summed E-state index contributed by atoms with van der Waals surface area (Å²) < 4.78 is 4.83. The Bertz CT molecular complexity index is 1180. The number of hydrogen-bond acceptors (Lipinski definition) is 6. The predicted octanol–water partition coefficient (Wildman–Crippen LogP) is 4.63. The van der Waals surface area contributed by atoms with Crippen molar-refractivity contribution in [3.63, 3.8) is 0 Å². The van der Waals surface area contributed by atoms with Crippen LogP contribution in [0, 0.1) is 5.92 Å². The molecule has 1 amide bonds. The van der Waals surface area contributed by atoms with Crippen LogP contribution >= 0.6 is 0 Å². The van der Waals surface area contributed by atoms with E-state index >= 15 is 0 Å². The molecule has 0 spiro atoms. The summed E-state index contributed by atoms with van der Waals surface area (Å²) in [4.78, 5) is 26.4. The molecular formula is C29H34N4O3. The number of likely N-dealkylation sites (tertiary alicyclic amines) is 1. The SMILES string of the molecule is COC(=O)c1ccc([C@@H]2Nc3ccc(/C(C)=N\NC(=O)CN4CCCCC4)cc3[C@@H]3C=CC[C@@H]32)cc1. The molecule has 1 saturated heterocycles. The van der Waals surface area contributed by atoms with Gasteiger partial charge in [0.1, 0.15) is 0 Å². The minimum atomic E-state index is -0.323.